The van der Waals surface area contributed by atoms with Gasteiger partial charge in [0.15, 0.2) is 0 Å². The number of anilines is 3. The van der Waals surface area contributed by atoms with Crippen molar-refractivity contribution in [2.45, 2.75) is 26.2 Å². The lowest BCUT2D eigenvalue weighted by Crippen LogP contribution is -2.46. The maximum absolute atomic E-state index is 13.1. The number of nitro benzene ring substituents is 1. The summed E-state index contributed by atoms with van der Waals surface area (Å²) in [6.45, 7) is 4.78. The van der Waals surface area contributed by atoms with Gasteiger partial charge < -0.3 is 14.5 Å². The Morgan fingerprint density at radius 3 is 2.17 bits per heavy atom. The van der Waals surface area contributed by atoms with Crippen molar-refractivity contribution in [1.29, 1.82) is 0 Å². The fraction of sp³-hybridized carbons (Fsp3) is 0.462. The van der Waals surface area contributed by atoms with Gasteiger partial charge in [0.05, 0.1) is 29.6 Å². The molecule has 2 aromatic rings. The minimum absolute atomic E-state index is 0.0794. The number of nitro groups is 1. The predicted octanol–water partition coefficient (Wildman–Crippen LogP) is 3.86. The van der Waals surface area contributed by atoms with Crippen LogP contribution in [0.2, 0.25) is 0 Å². The zero-order valence-electron chi connectivity index (χ0n) is 20.1. The average Bonchev–Trinajstić information content (AvgIpc) is 3.12. The van der Waals surface area contributed by atoms with E-state index in [4.69, 9.17) is 4.74 Å². The number of methoxy groups -OCH3 is 1. The highest BCUT2D eigenvalue weighted by molar-refractivity contribution is 6.22. The van der Waals surface area contributed by atoms with Crippen LogP contribution in [0, 0.1) is 27.9 Å². The number of fused-ring (bicyclic) bond motifs is 1. The van der Waals surface area contributed by atoms with E-state index >= 15 is 0 Å². The predicted molar refractivity (Wildman–Crippen MR) is 133 cm³/mol. The van der Waals surface area contributed by atoms with Gasteiger partial charge in [-0.05, 0) is 61.6 Å². The molecule has 0 spiro atoms. The number of carbonyl (C=O) groups excluding carboxylic acids is 2. The number of amides is 2. The largest absolute Gasteiger partial charge is 0.497 e. The molecule has 2 heterocycles. The van der Waals surface area contributed by atoms with Crippen molar-refractivity contribution < 1.29 is 19.2 Å². The topological polar surface area (TPSA) is 96.2 Å². The second-order valence-corrected chi connectivity index (χ2v) is 9.75. The summed E-state index contributed by atoms with van der Waals surface area (Å²) < 4.78 is 5.22. The van der Waals surface area contributed by atoms with E-state index in [1.807, 2.05) is 29.2 Å². The van der Waals surface area contributed by atoms with E-state index in [1.54, 1.807) is 19.2 Å². The fourth-order valence-corrected chi connectivity index (χ4v) is 5.71. The zero-order chi connectivity index (χ0) is 24.7. The molecule has 0 radical (unpaired) electrons. The van der Waals surface area contributed by atoms with Crippen molar-refractivity contribution in [1.82, 2.24) is 0 Å². The Labute approximate surface area is 204 Å². The Morgan fingerprint density at radius 1 is 0.886 bits per heavy atom. The van der Waals surface area contributed by atoms with Crippen LogP contribution in [0.15, 0.2) is 42.5 Å². The average molecular weight is 479 g/mol. The molecule has 1 saturated carbocycles. The number of rotatable bonds is 5. The van der Waals surface area contributed by atoms with E-state index in [-0.39, 0.29) is 29.3 Å². The molecular formula is C26H30N4O5. The molecule has 1 aliphatic carbocycles. The highest BCUT2D eigenvalue weighted by atomic mass is 16.6. The molecule has 2 aromatic carbocycles. The molecule has 5 rings (SSSR count). The van der Waals surface area contributed by atoms with Gasteiger partial charge in [0.1, 0.15) is 11.4 Å². The van der Waals surface area contributed by atoms with Gasteiger partial charge >= 0.3 is 0 Å². The molecule has 3 aliphatic rings. The minimum atomic E-state index is -0.422. The quantitative estimate of drug-likeness (QED) is 0.366. The van der Waals surface area contributed by atoms with Crippen molar-refractivity contribution in [3.8, 4) is 5.75 Å². The van der Waals surface area contributed by atoms with Gasteiger partial charge in [0.25, 0.3) is 5.69 Å². The first-order valence-corrected chi connectivity index (χ1v) is 12.2. The van der Waals surface area contributed by atoms with E-state index in [1.165, 1.54) is 11.0 Å². The number of piperazine rings is 1. The summed E-state index contributed by atoms with van der Waals surface area (Å²) in [5, 5.41) is 12.0. The number of imide groups is 1. The summed E-state index contributed by atoms with van der Waals surface area (Å²) >= 11 is 0. The number of hydrogen-bond acceptors (Lipinski definition) is 7. The zero-order valence-corrected chi connectivity index (χ0v) is 20.1. The molecular weight excluding hydrogens is 448 g/mol. The smallest absolute Gasteiger partial charge is 0.294 e. The molecule has 0 bridgehead atoms. The number of carbonyl (C=O) groups is 2. The molecule has 0 N–H and O–H groups in total. The van der Waals surface area contributed by atoms with E-state index < -0.39 is 4.92 Å². The molecule has 3 atom stereocenters. The molecule has 2 amide bonds. The van der Waals surface area contributed by atoms with Crippen LogP contribution >= 0.6 is 0 Å². The summed E-state index contributed by atoms with van der Waals surface area (Å²) in [4.78, 5) is 43.1. The summed E-state index contributed by atoms with van der Waals surface area (Å²) in [7, 11) is 1.63. The van der Waals surface area contributed by atoms with Crippen LogP contribution in [0.5, 0.6) is 5.75 Å². The Bertz CT molecular complexity index is 1140. The Hall–Kier alpha value is -3.62. The third kappa shape index (κ3) is 4.19. The number of benzene rings is 2. The second-order valence-electron chi connectivity index (χ2n) is 9.75. The number of nitrogens with zero attached hydrogens (tertiary/aromatic N) is 4. The van der Waals surface area contributed by atoms with Crippen LogP contribution in [0.3, 0.4) is 0 Å². The molecule has 3 fully saturated rings. The lowest BCUT2D eigenvalue weighted by Gasteiger charge is -2.37. The summed E-state index contributed by atoms with van der Waals surface area (Å²) in [5.41, 5.74) is 1.81. The molecule has 0 aromatic heterocycles. The van der Waals surface area contributed by atoms with Gasteiger partial charge in [-0.2, -0.15) is 0 Å². The molecule has 9 nitrogen and oxygen atoms in total. The van der Waals surface area contributed by atoms with E-state index in [0.29, 0.717) is 43.2 Å². The lowest BCUT2D eigenvalue weighted by atomic mass is 9.76. The first-order chi connectivity index (χ1) is 16.9. The van der Waals surface area contributed by atoms with E-state index in [2.05, 4.69) is 11.8 Å². The minimum Gasteiger partial charge on any atom is -0.497 e. The van der Waals surface area contributed by atoms with Crippen molar-refractivity contribution >= 4 is 34.6 Å². The molecule has 9 heteroatoms. The van der Waals surface area contributed by atoms with E-state index in [0.717, 1.165) is 30.9 Å². The molecule has 2 aliphatic heterocycles. The van der Waals surface area contributed by atoms with E-state index in [9.17, 15) is 19.7 Å². The first-order valence-electron chi connectivity index (χ1n) is 12.2. The maximum Gasteiger partial charge on any atom is 0.294 e. The fourth-order valence-electron chi connectivity index (χ4n) is 5.71. The Balaban J connectivity index is 1.34. The summed E-state index contributed by atoms with van der Waals surface area (Å²) in [6, 6.07) is 12.6. The van der Waals surface area contributed by atoms with Crippen LogP contribution in [-0.2, 0) is 9.59 Å². The molecule has 2 saturated heterocycles. The molecule has 184 valence electrons. The van der Waals surface area contributed by atoms with Crippen LogP contribution in [-0.4, -0.2) is 50.0 Å². The maximum atomic E-state index is 13.1. The number of hydrogen-bond donors (Lipinski definition) is 0. The first kappa shape index (κ1) is 23.1. The van der Waals surface area contributed by atoms with Gasteiger partial charge in [-0.1, -0.05) is 6.92 Å². The van der Waals surface area contributed by atoms with Gasteiger partial charge in [0.2, 0.25) is 11.8 Å². The monoisotopic (exact) mass is 478 g/mol. The van der Waals surface area contributed by atoms with Crippen LogP contribution < -0.4 is 19.4 Å². The third-order valence-corrected chi connectivity index (χ3v) is 7.66. The summed E-state index contributed by atoms with van der Waals surface area (Å²) in [6.07, 6.45) is 2.32. The van der Waals surface area contributed by atoms with Crippen molar-refractivity contribution in [2.75, 3.05) is 48.0 Å². The second kappa shape index (κ2) is 9.20. The Morgan fingerprint density at radius 2 is 1.51 bits per heavy atom. The van der Waals surface area contributed by atoms with Gasteiger partial charge in [-0.25, -0.2) is 4.90 Å². The standard InChI is InChI=1S/C26H30N4O5/c1-17-3-9-21-22(15-17)26(32)29(25(21)31)19-6-10-23(24(16-19)30(33)34)28-13-11-27(12-14-28)18-4-7-20(35-2)8-5-18/h4-8,10,16-17,21-22H,3,9,11-15H2,1-2H3/t17-,21+,22+/m0/s1. The van der Waals surface area contributed by atoms with Crippen molar-refractivity contribution in [3.05, 3.63) is 52.6 Å². The highest BCUT2D eigenvalue weighted by Crippen LogP contribution is 2.43. The SMILES string of the molecule is COc1ccc(N2CCN(c3ccc(N4C(=O)[C@@H]5CC[C@H](C)C[C@H]5C4=O)cc3[N+](=O)[O-])CC2)cc1. The molecule has 0 unspecified atom stereocenters. The van der Waals surface area contributed by atoms with Gasteiger partial charge in [0, 0.05) is 37.9 Å². The van der Waals surface area contributed by atoms with Crippen LogP contribution in [0.4, 0.5) is 22.7 Å². The van der Waals surface area contributed by atoms with Crippen LogP contribution in [0.25, 0.3) is 0 Å². The highest BCUT2D eigenvalue weighted by Gasteiger charge is 2.50. The normalized spacial score (nSPS) is 24.5. The Kier molecular flexibility index (Phi) is 6.08. The summed E-state index contributed by atoms with van der Waals surface area (Å²) in [5.74, 6) is 0.149. The molecule has 35 heavy (non-hydrogen) atoms. The van der Waals surface area contributed by atoms with Crippen LogP contribution in [0.1, 0.15) is 26.2 Å². The lowest BCUT2D eigenvalue weighted by molar-refractivity contribution is -0.384. The van der Waals surface area contributed by atoms with Gasteiger partial charge in [-0.15, -0.1) is 0 Å². The number of ether oxygens (including phenoxy) is 1. The van der Waals surface area contributed by atoms with Crippen molar-refractivity contribution in [2.24, 2.45) is 17.8 Å². The van der Waals surface area contributed by atoms with Gasteiger partial charge in [-0.3, -0.25) is 19.7 Å². The third-order valence-electron chi connectivity index (χ3n) is 7.66. The van der Waals surface area contributed by atoms with Crippen molar-refractivity contribution in [3.63, 3.8) is 0 Å².